The molecule has 106 valence electrons. The number of para-hydroxylation sites is 1. The van der Waals surface area contributed by atoms with Crippen molar-refractivity contribution >= 4 is 11.0 Å². The largest absolute Gasteiger partial charge is 0.456 e. The van der Waals surface area contributed by atoms with E-state index in [-0.39, 0.29) is 0 Å². The number of hydrogen-bond donors (Lipinski definition) is 0. The summed E-state index contributed by atoms with van der Waals surface area (Å²) in [5, 5.41) is 0.968. The van der Waals surface area contributed by atoms with E-state index in [9.17, 15) is 13.2 Å². The molecule has 21 heavy (non-hydrogen) atoms. The molecule has 5 heteroatoms. The van der Waals surface area contributed by atoms with E-state index >= 15 is 0 Å². The third-order valence-corrected chi connectivity index (χ3v) is 3.85. The van der Waals surface area contributed by atoms with E-state index in [2.05, 4.69) is 4.98 Å². The first-order valence-electron chi connectivity index (χ1n) is 6.61. The van der Waals surface area contributed by atoms with Crippen LogP contribution in [-0.4, -0.2) is 4.98 Å². The van der Waals surface area contributed by atoms with Gasteiger partial charge in [0.05, 0.1) is 11.3 Å². The van der Waals surface area contributed by atoms with E-state index in [1.807, 2.05) is 24.3 Å². The maximum Gasteiger partial charge on any atom is 0.417 e. The molecule has 2 aromatic heterocycles. The Kier molecular flexibility index (Phi) is 2.43. The van der Waals surface area contributed by atoms with Crippen molar-refractivity contribution < 1.29 is 17.6 Å². The van der Waals surface area contributed by atoms with Crippen LogP contribution in [0.1, 0.15) is 16.8 Å². The van der Waals surface area contributed by atoms with Crippen molar-refractivity contribution in [2.75, 3.05) is 0 Å². The fourth-order valence-corrected chi connectivity index (χ4v) is 2.85. The van der Waals surface area contributed by atoms with Gasteiger partial charge in [-0.25, -0.2) is 0 Å². The maximum absolute atomic E-state index is 12.9. The Morgan fingerprint density at radius 3 is 2.71 bits per heavy atom. The molecule has 0 amide bonds. The summed E-state index contributed by atoms with van der Waals surface area (Å²) in [4.78, 5) is 3.97. The second-order valence-corrected chi connectivity index (χ2v) is 5.12. The van der Waals surface area contributed by atoms with Crippen molar-refractivity contribution in [3.63, 3.8) is 0 Å². The van der Waals surface area contributed by atoms with Crippen LogP contribution in [0.25, 0.3) is 22.3 Å². The van der Waals surface area contributed by atoms with Gasteiger partial charge in [-0.15, -0.1) is 0 Å². The molecule has 0 unspecified atom stereocenters. The molecule has 0 fully saturated rings. The second-order valence-electron chi connectivity index (χ2n) is 5.12. The molecule has 0 saturated carbocycles. The molecule has 3 aromatic rings. The number of aromatic nitrogens is 1. The lowest BCUT2D eigenvalue weighted by atomic mass is 9.92. The molecule has 2 nitrogen and oxygen atoms in total. The topological polar surface area (TPSA) is 26.0 Å². The lowest BCUT2D eigenvalue weighted by molar-refractivity contribution is -0.137. The molecule has 0 bridgehead atoms. The lowest BCUT2D eigenvalue weighted by Gasteiger charge is -2.16. The predicted molar refractivity (Wildman–Crippen MR) is 71.9 cm³/mol. The van der Waals surface area contributed by atoms with Crippen molar-refractivity contribution in [3.8, 4) is 11.3 Å². The van der Waals surface area contributed by atoms with Gasteiger partial charge in [0.15, 0.2) is 0 Å². The number of benzene rings is 1. The number of hydrogen-bond acceptors (Lipinski definition) is 2. The zero-order valence-electron chi connectivity index (χ0n) is 10.9. The number of rotatable bonds is 0. The number of alkyl halides is 3. The van der Waals surface area contributed by atoms with Crippen LogP contribution in [0, 0.1) is 0 Å². The molecule has 0 radical (unpaired) electrons. The summed E-state index contributed by atoms with van der Waals surface area (Å²) in [6.07, 6.45) is -2.14. The smallest absolute Gasteiger partial charge is 0.417 e. The number of halogens is 3. The highest BCUT2D eigenvalue weighted by Crippen LogP contribution is 2.41. The highest BCUT2D eigenvalue weighted by Gasteiger charge is 2.33. The van der Waals surface area contributed by atoms with Gasteiger partial charge in [-0.3, -0.25) is 4.98 Å². The minimum atomic E-state index is -4.40. The quantitative estimate of drug-likeness (QED) is 0.604. The molecule has 2 heterocycles. The summed E-state index contributed by atoms with van der Waals surface area (Å²) >= 11 is 0. The van der Waals surface area contributed by atoms with Crippen molar-refractivity contribution in [2.45, 2.75) is 19.0 Å². The van der Waals surface area contributed by atoms with E-state index in [0.29, 0.717) is 29.0 Å². The summed E-state index contributed by atoms with van der Waals surface area (Å²) < 4.78 is 44.4. The zero-order valence-corrected chi connectivity index (χ0v) is 10.9. The summed E-state index contributed by atoms with van der Waals surface area (Å²) in [5.41, 5.74) is 2.05. The highest BCUT2D eigenvalue weighted by molar-refractivity contribution is 5.89. The molecule has 1 aliphatic rings. The summed E-state index contributed by atoms with van der Waals surface area (Å²) in [5.74, 6) is 0.524. The first-order chi connectivity index (χ1) is 10.0. The monoisotopic (exact) mass is 289 g/mol. The Morgan fingerprint density at radius 2 is 1.90 bits per heavy atom. The number of furan rings is 1. The number of aryl methyl sites for hydroxylation is 2. The molecular weight excluding hydrogens is 279 g/mol. The van der Waals surface area contributed by atoms with E-state index in [4.69, 9.17) is 4.42 Å². The SMILES string of the molecule is FC(F)(F)c1cnc2c(c1)-c1oc3ccccc3c1CC2. The molecule has 0 spiro atoms. The van der Waals surface area contributed by atoms with Gasteiger partial charge in [0.2, 0.25) is 0 Å². The molecule has 0 aliphatic heterocycles. The van der Waals surface area contributed by atoms with E-state index < -0.39 is 11.7 Å². The van der Waals surface area contributed by atoms with Gasteiger partial charge in [-0.2, -0.15) is 13.2 Å². The molecular formula is C16H10F3NO. The van der Waals surface area contributed by atoms with Crippen LogP contribution >= 0.6 is 0 Å². The molecule has 0 atom stereocenters. The van der Waals surface area contributed by atoms with E-state index in [1.54, 1.807) is 0 Å². The number of pyridine rings is 1. The second kappa shape index (κ2) is 4.10. The van der Waals surface area contributed by atoms with Gasteiger partial charge >= 0.3 is 6.18 Å². The van der Waals surface area contributed by atoms with Crippen LogP contribution in [0.3, 0.4) is 0 Å². The van der Waals surface area contributed by atoms with Gasteiger partial charge in [-0.05, 0) is 25.0 Å². The maximum atomic E-state index is 12.9. The van der Waals surface area contributed by atoms with Gasteiger partial charge in [0, 0.05) is 22.7 Å². The number of nitrogens with zero attached hydrogens (tertiary/aromatic N) is 1. The molecule has 0 saturated heterocycles. The fourth-order valence-electron chi connectivity index (χ4n) is 2.85. The van der Waals surface area contributed by atoms with Gasteiger partial charge in [0.25, 0.3) is 0 Å². The molecule has 1 aliphatic carbocycles. The lowest BCUT2D eigenvalue weighted by Crippen LogP contribution is -2.10. The standard InChI is InChI=1S/C16H10F3NO/c17-16(18,19)9-7-12-13(20-8-9)6-5-11-10-3-1-2-4-14(10)21-15(11)12/h1-4,7-8H,5-6H2. The third kappa shape index (κ3) is 1.84. The van der Waals surface area contributed by atoms with Crippen LogP contribution in [0.2, 0.25) is 0 Å². The Labute approximate surface area is 118 Å². The van der Waals surface area contributed by atoms with Crippen LogP contribution in [0.5, 0.6) is 0 Å². The summed E-state index contributed by atoms with van der Waals surface area (Å²) in [6, 6.07) is 8.65. The van der Waals surface area contributed by atoms with Crippen molar-refractivity contribution in [1.29, 1.82) is 0 Å². The Morgan fingerprint density at radius 1 is 1.10 bits per heavy atom. The van der Waals surface area contributed by atoms with Gasteiger partial charge in [0.1, 0.15) is 11.3 Å². The minimum Gasteiger partial charge on any atom is -0.456 e. The predicted octanol–water partition coefficient (Wildman–Crippen LogP) is 4.61. The highest BCUT2D eigenvalue weighted by atomic mass is 19.4. The Balaban J connectivity index is 1.98. The third-order valence-electron chi connectivity index (χ3n) is 3.85. The van der Waals surface area contributed by atoms with Crippen LogP contribution in [0.15, 0.2) is 40.9 Å². The van der Waals surface area contributed by atoms with Crippen molar-refractivity contribution in [2.24, 2.45) is 0 Å². The van der Waals surface area contributed by atoms with Crippen LogP contribution in [0.4, 0.5) is 13.2 Å². The Hall–Kier alpha value is -2.30. The van der Waals surface area contributed by atoms with E-state index in [1.165, 1.54) is 0 Å². The number of fused-ring (bicyclic) bond motifs is 5. The first kappa shape index (κ1) is 12.4. The molecule has 0 N–H and O–H groups in total. The molecule has 1 aromatic carbocycles. The zero-order chi connectivity index (χ0) is 14.6. The Bertz CT molecular complexity index is 848. The minimum absolute atomic E-state index is 0.460. The molecule has 4 rings (SSSR count). The average molecular weight is 289 g/mol. The first-order valence-corrected chi connectivity index (χ1v) is 6.61. The average Bonchev–Trinajstić information content (AvgIpc) is 2.84. The van der Waals surface area contributed by atoms with Gasteiger partial charge in [-0.1, -0.05) is 18.2 Å². The fraction of sp³-hybridized carbons (Fsp3) is 0.188. The van der Waals surface area contributed by atoms with E-state index in [0.717, 1.165) is 29.6 Å². The van der Waals surface area contributed by atoms with Gasteiger partial charge < -0.3 is 4.42 Å². The van der Waals surface area contributed by atoms with Crippen molar-refractivity contribution in [1.82, 2.24) is 4.98 Å². The van der Waals surface area contributed by atoms with Crippen LogP contribution in [-0.2, 0) is 19.0 Å². The normalized spacial score (nSPS) is 14.0. The summed E-state index contributed by atoms with van der Waals surface area (Å²) in [6.45, 7) is 0. The van der Waals surface area contributed by atoms with Crippen molar-refractivity contribution in [3.05, 3.63) is 53.3 Å². The summed E-state index contributed by atoms with van der Waals surface area (Å²) in [7, 11) is 0. The van der Waals surface area contributed by atoms with Crippen LogP contribution < -0.4 is 0 Å².